The highest BCUT2D eigenvalue weighted by atomic mass is 32.2. The summed E-state index contributed by atoms with van der Waals surface area (Å²) in [6, 6.07) is 4.36. The Kier molecular flexibility index (Phi) is 4.62. The van der Waals surface area contributed by atoms with Crippen LogP contribution in [0.3, 0.4) is 0 Å². The molecular weight excluding hydrogens is 272 g/mol. The van der Waals surface area contributed by atoms with Crippen molar-refractivity contribution in [3.63, 3.8) is 0 Å². The third-order valence-corrected chi connectivity index (χ3v) is 3.20. The van der Waals surface area contributed by atoms with Gasteiger partial charge in [0.1, 0.15) is 11.3 Å². The monoisotopic (exact) mass is 286 g/mol. The number of hydrogen-bond acceptors (Lipinski definition) is 5. The first-order valence-corrected chi connectivity index (χ1v) is 6.79. The highest BCUT2D eigenvalue weighted by Gasteiger charge is 2.17. The Hall–Kier alpha value is -1.93. The third kappa shape index (κ3) is 4.34. The van der Waals surface area contributed by atoms with Crippen molar-refractivity contribution in [1.29, 1.82) is 0 Å². The number of sulfonamides is 1. The van der Waals surface area contributed by atoms with Gasteiger partial charge in [-0.2, -0.15) is 0 Å². The lowest BCUT2D eigenvalue weighted by atomic mass is 10.2. The standard InChI is InChI=1S/C11H14N2O5S/c1-7-3-4-8(9(5-7)19(12,16)17)13-10(14)6-11(15)18-2/h3-5H,6H2,1-2H3,(H,13,14)(H2,12,16,17). The molecule has 8 heteroatoms. The van der Waals surface area contributed by atoms with Crippen LogP contribution in [0.25, 0.3) is 0 Å². The van der Waals surface area contributed by atoms with Gasteiger partial charge in [0.15, 0.2) is 0 Å². The van der Waals surface area contributed by atoms with Crippen LogP contribution in [0.2, 0.25) is 0 Å². The van der Waals surface area contributed by atoms with Crippen molar-refractivity contribution < 1.29 is 22.7 Å². The number of methoxy groups -OCH3 is 1. The van der Waals surface area contributed by atoms with Gasteiger partial charge in [-0.15, -0.1) is 0 Å². The van der Waals surface area contributed by atoms with E-state index in [2.05, 4.69) is 10.1 Å². The number of benzene rings is 1. The predicted octanol–water partition coefficient (Wildman–Crippen LogP) is 0.144. The van der Waals surface area contributed by atoms with Crippen molar-refractivity contribution in [2.75, 3.05) is 12.4 Å². The Balaban J connectivity index is 3.02. The molecule has 0 saturated heterocycles. The van der Waals surface area contributed by atoms with Gasteiger partial charge < -0.3 is 10.1 Å². The summed E-state index contributed by atoms with van der Waals surface area (Å²) < 4.78 is 27.1. The summed E-state index contributed by atoms with van der Waals surface area (Å²) in [5.41, 5.74) is 0.706. The average Bonchev–Trinajstić information content (AvgIpc) is 2.29. The van der Waals surface area contributed by atoms with Gasteiger partial charge >= 0.3 is 5.97 Å². The largest absolute Gasteiger partial charge is 0.469 e. The molecule has 0 saturated carbocycles. The Morgan fingerprint density at radius 2 is 2.00 bits per heavy atom. The van der Waals surface area contributed by atoms with Crippen LogP contribution in [0.15, 0.2) is 23.1 Å². The summed E-state index contributed by atoms with van der Waals surface area (Å²) in [4.78, 5) is 22.2. The lowest BCUT2D eigenvalue weighted by Gasteiger charge is -2.10. The van der Waals surface area contributed by atoms with Gasteiger partial charge in [-0.1, -0.05) is 6.07 Å². The maximum absolute atomic E-state index is 11.5. The van der Waals surface area contributed by atoms with E-state index in [-0.39, 0.29) is 10.6 Å². The molecule has 7 nitrogen and oxygen atoms in total. The highest BCUT2D eigenvalue weighted by Crippen LogP contribution is 2.21. The first-order valence-electron chi connectivity index (χ1n) is 5.24. The van der Waals surface area contributed by atoms with Crippen LogP contribution in [0.1, 0.15) is 12.0 Å². The minimum absolute atomic E-state index is 0.0296. The van der Waals surface area contributed by atoms with Crippen LogP contribution >= 0.6 is 0 Å². The Labute approximate surface area is 110 Å². The molecular formula is C11H14N2O5S. The number of carbonyl (C=O) groups is 2. The summed E-state index contributed by atoms with van der Waals surface area (Å²) in [7, 11) is -2.82. The van der Waals surface area contributed by atoms with Crippen molar-refractivity contribution in [2.24, 2.45) is 5.14 Å². The van der Waals surface area contributed by atoms with Crippen LogP contribution in [0.5, 0.6) is 0 Å². The fraction of sp³-hybridized carbons (Fsp3) is 0.273. The van der Waals surface area contributed by atoms with E-state index in [4.69, 9.17) is 5.14 Å². The first kappa shape index (κ1) is 15.1. The van der Waals surface area contributed by atoms with Crippen molar-refractivity contribution >= 4 is 27.6 Å². The Morgan fingerprint density at radius 1 is 1.37 bits per heavy atom. The van der Waals surface area contributed by atoms with Gasteiger partial charge in [-0.3, -0.25) is 9.59 Å². The summed E-state index contributed by atoms with van der Waals surface area (Å²) >= 11 is 0. The maximum Gasteiger partial charge on any atom is 0.315 e. The SMILES string of the molecule is COC(=O)CC(=O)Nc1ccc(C)cc1S(N)(=O)=O. The van der Waals surface area contributed by atoms with Gasteiger partial charge in [0, 0.05) is 0 Å². The summed E-state index contributed by atoms with van der Waals surface area (Å²) in [6.45, 7) is 1.69. The number of aryl methyl sites for hydroxylation is 1. The number of rotatable bonds is 4. The average molecular weight is 286 g/mol. The molecule has 0 heterocycles. The van der Waals surface area contributed by atoms with Gasteiger partial charge in [-0.25, -0.2) is 13.6 Å². The van der Waals surface area contributed by atoms with Gasteiger partial charge in [-0.05, 0) is 24.6 Å². The van der Waals surface area contributed by atoms with Crippen molar-refractivity contribution in [3.8, 4) is 0 Å². The predicted molar refractivity (Wildman–Crippen MR) is 67.8 cm³/mol. The first-order chi connectivity index (χ1) is 8.74. The number of nitrogens with one attached hydrogen (secondary N) is 1. The molecule has 3 N–H and O–H groups in total. The normalized spacial score (nSPS) is 10.9. The van der Waals surface area contributed by atoms with Crippen LogP contribution in [-0.2, 0) is 24.3 Å². The van der Waals surface area contributed by atoms with Crippen LogP contribution in [-0.4, -0.2) is 27.4 Å². The van der Waals surface area contributed by atoms with E-state index in [9.17, 15) is 18.0 Å². The summed E-state index contributed by atoms with van der Waals surface area (Å²) in [5.74, 6) is -1.40. The topological polar surface area (TPSA) is 116 Å². The van der Waals surface area contributed by atoms with Crippen molar-refractivity contribution in [3.05, 3.63) is 23.8 Å². The fourth-order valence-corrected chi connectivity index (χ4v) is 2.14. The molecule has 19 heavy (non-hydrogen) atoms. The highest BCUT2D eigenvalue weighted by molar-refractivity contribution is 7.89. The van der Waals surface area contributed by atoms with Gasteiger partial charge in [0.05, 0.1) is 12.8 Å². The number of esters is 1. The molecule has 0 aliphatic rings. The van der Waals surface area contributed by atoms with E-state index in [1.807, 2.05) is 0 Å². The molecule has 1 amide bonds. The smallest absolute Gasteiger partial charge is 0.315 e. The molecule has 0 aliphatic carbocycles. The fourth-order valence-electron chi connectivity index (χ4n) is 1.37. The van der Waals surface area contributed by atoms with Crippen molar-refractivity contribution in [1.82, 2.24) is 0 Å². The molecule has 0 bridgehead atoms. The van der Waals surface area contributed by atoms with Gasteiger partial charge in [0.25, 0.3) is 0 Å². The van der Waals surface area contributed by atoms with E-state index >= 15 is 0 Å². The molecule has 0 unspecified atom stereocenters. The van der Waals surface area contributed by atoms with E-state index < -0.39 is 28.3 Å². The lowest BCUT2D eigenvalue weighted by molar-refractivity contribution is -0.142. The van der Waals surface area contributed by atoms with Gasteiger partial charge in [0.2, 0.25) is 15.9 Å². The number of nitrogens with two attached hydrogens (primary N) is 1. The summed E-state index contributed by atoms with van der Waals surface area (Å²) in [6.07, 6.45) is -0.506. The van der Waals surface area contributed by atoms with Crippen LogP contribution in [0, 0.1) is 6.92 Å². The van der Waals surface area contributed by atoms with Crippen LogP contribution < -0.4 is 10.5 Å². The zero-order valence-corrected chi connectivity index (χ0v) is 11.3. The minimum atomic E-state index is -3.97. The van der Waals surface area contributed by atoms with E-state index in [0.717, 1.165) is 7.11 Å². The number of amides is 1. The molecule has 0 spiro atoms. The number of anilines is 1. The number of ether oxygens (including phenoxy) is 1. The quantitative estimate of drug-likeness (QED) is 0.603. The maximum atomic E-state index is 11.5. The zero-order chi connectivity index (χ0) is 14.6. The van der Waals surface area contributed by atoms with Crippen LogP contribution in [0.4, 0.5) is 5.69 Å². The molecule has 1 rings (SSSR count). The number of hydrogen-bond donors (Lipinski definition) is 2. The Morgan fingerprint density at radius 3 is 2.53 bits per heavy atom. The third-order valence-electron chi connectivity index (χ3n) is 2.25. The molecule has 0 radical (unpaired) electrons. The molecule has 0 aromatic heterocycles. The van der Waals surface area contributed by atoms with E-state index in [1.54, 1.807) is 13.0 Å². The van der Waals surface area contributed by atoms with E-state index in [0.29, 0.717) is 5.56 Å². The molecule has 0 atom stereocenters. The second kappa shape index (κ2) is 5.81. The second-order valence-corrected chi connectivity index (χ2v) is 5.38. The molecule has 0 fully saturated rings. The second-order valence-electron chi connectivity index (χ2n) is 3.85. The number of carbonyl (C=O) groups excluding carboxylic acids is 2. The minimum Gasteiger partial charge on any atom is -0.469 e. The number of primary sulfonamides is 1. The van der Waals surface area contributed by atoms with Crippen molar-refractivity contribution in [2.45, 2.75) is 18.2 Å². The van der Waals surface area contributed by atoms with E-state index in [1.165, 1.54) is 12.1 Å². The molecule has 1 aromatic rings. The Bertz CT molecular complexity index is 610. The molecule has 1 aromatic carbocycles. The summed E-state index contributed by atoms with van der Waals surface area (Å²) in [5, 5.41) is 7.37. The molecule has 104 valence electrons. The lowest BCUT2D eigenvalue weighted by Crippen LogP contribution is -2.20. The zero-order valence-electron chi connectivity index (χ0n) is 10.5. The molecule has 0 aliphatic heterocycles.